The normalized spacial score (nSPS) is 23.2. The number of hydrogen-bond acceptors (Lipinski definition) is 9. The summed E-state index contributed by atoms with van der Waals surface area (Å²) in [7, 11) is 0. The molecule has 2 aliphatic carbocycles. The van der Waals surface area contributed by atoms with E-state index in [9.17, 15) is 27.9 Å². The van der Waals surface area contributed by atoms with Crippen LogP contribution in [0.25, 0.3) is 16.9 Å². The van der Waals surface area contributed by atoms with Gasteiger partial charge in [-0.1, -0.05) is 5.16 Å². The fourth-order valence-electron chi connectivity index (χ4n) is 6.87. The number of nitrogens with zero attached hydrogens (tertiary/aromatic N) is 7. The third-order valence-corrected chi connectivity index (χ3v) is 9.54. The molecule has 2 amide bonds. The molecule has 4 aromatic rings. The van der Waals surface area contributed by atoms with Crippen molar-refractivity contribution in [2.75, 3.05) is 36.4 Å². The molecule has 4 aromatic heterocycles. The largest absolute Gasteiger partial charge is 0.384 e. The van der Waals surface area contributed by atoms with Crippen LogP contribution < -0.4 is 10.2 Å². The average Bonchev–Trinajstić information content (AvgIpc) is 3.30. The number of pyridine rings is 2. The van der Waals surface area contributed by atoms with E-state index in [2.05, 4.69) is 25.5 Å². The highest BCUT2D eigenvalue weighted by Crippen LogP contribution is 2.57. The van der Waals surface area contributed by atoms with E-state index in [1.807, 2.05) is 17.0 Å². The number of anilines is 2. The Hall–Kier alpha value is -4.53. The highest BCUT2D eigenvalue weighted by molar-refractivity contribution is 6.09. The average molecular weight is 623 g/mol. The first-order valence-corrected chi connectivity index (χ1v) is 14.8. The molecule has 2 atom stereocenters. The lowest BCUT2D eigenvalue weighted by molar-refractivity contribution is -0.209. The molecule has 0 bridgehead atoms. The Kier molecular flexibility index (Phi) is 6.05. The predicted molar refractivity (Wildman–Crippen MR) is 153 cm³/mol. The number of amides is 2. The Morgan fingerprint density at radius 1 is 1.18 bits per heavy atom. The molecule has 4 fully saturated rings. The van der Waals surface area contributed by atoms with Crippen LogP contribution in [0.5, 0.6) is 0 Å². The molecule has 4 aliphatic rings. The molecule has 0 aromatic carbocycles. The number of nitrogens with one attached hydrogen (secondary N) is 1. The van der Waals surface area contributed by atoms with Crippen LogP contribution in [-0.4, -0.2) is 90.9 Å². The fraction of sp³-hybridized carbons (Fsp3) is 0.467. The topological polar surface area (TPSA) is 142 Å². The van der Waals surface area contributed by atoms with Gasteiger partial charge in [-0.25, -0.2) is 17.7 Å². The maximum atomic E-state index is 13.4. The summed E-state index contributed by atoms with van der Waals surface area (Å²) in [5.74, 6) is -0.538. The number of likely N-dealkylation sites (tertiary alicyclic amines) is 1. The van der Waals surface area contributed by atoms with E-state index in [1.54, 1.807) is 34.8 Å². The van der Waals surface area contributed by atoms with Gasteiger partial charge < -0.3 is 24.7 Å². The number of hydrogen-bond donors (Lipinski definition) is 2. The van der Waals surface area contributed by atoms with Crippen LogP contribution in [0.15, 0.2) is 41.3 Å². The van der Waals surface area contributed by atoms with Gasteiger partial charge in [-0.15, -0.1) is 0 Å². The molecular weight excluding hydrogens is 593 g/mol. The van der Waals surface area contributed by atoms with Gasteiger partial charge in [0.1, 0.15) is 11.8 Å². The quantitative estimate of drug-likeness (QED) is 0.318. The SMILES string of the molecule is Cc1ncc(-c2noc(C3CN(C(=O)[C@H]4C[C@@H]4F)C3)n2)cc1NC(=O)c1cnn2ccc(N3CC4(C3)CC(O)(C(F)F)C4)cc12. The monoisotopic (exact) mass is 622 g/mol. The summed E-state index contributed by atoms with van der Waals surface area (Å²) in [4.78, 5) is 38.2. The summed E-state index contributed by atoms with van der Waals surface area (Å²) in [6.07, 6.45) is 1.47. The predicted octanol–water partition coefficient (Wildman–Crippen LogP) is 3.22. The van der Waals surface area contributed by atoms with E-state index in [-0.39, 0.29) is 35.9 Å². The minimum absolute atomic E-state index is 0.0803. The number of alkyl halides is 3. The zero-order valence-corrected chi connectivity index (χ0v) is 24.2. The number of rotatable bonds is 7. The Labute approximate surface area is 254 Å². The lowest BCUT2D eigenvalue weighted by Gasteiger charge is -2.62. The second kappa shape index (κ2) is 9.73. The van der Waals surface area contributed by atoms with Gasteiger partial charge in [-0.2, -0.15) is 10.1 Å². The van der Waals surface area contributed by atoms with Crippen LogP contribution in [0.1, 0.15) is 47.1 Å². The molecule has 12 nitrogen and oxygen atoms in total. The maximum absolute atomic E-state index is 13.4. The van der Waals surface area contributed by atoms with Crippen molar-refractivity contribution in [3.8, 4) is 11.4 Å². The number of aryl methyl sites for hydroxylation is 1. The number of aliphatic hydroxyl groups is 1. The first-order valence-electron chi connectivity index (χ1n) is 14.8. The van der Waals surface area contributed by atoms with Gasteiger partial charge in [-0.05, 0) is 44.4 Å². The van der Waals surface area contributed by atoms with Gasteiger partial charge >= 0.3 is 0 Å². The first kappa shape index (κ1) is 28.0. The van der Waals surface area contributed by atoms with Crippen LogP contribution in [-0.2, 0) is 4.79 Å². The third-order valence-electron chi connectivity index (χ3n) is 9.54. The lowest BCUT2D eigenvalue weighted by atomic mass is 9.55. The van der Waals surface area contributed by atoms with Crippen molar-refractivity contribution in [2.24, 2.45) is 11.3 Å². The highest BCUT2D eigenvalue weighted by atomic mass is 19.3. The maximum Gasteiger partial charge on any atom is 0.266 e. The summed E-state index contributed by atoms with van der Waals surface area (Å²) in [6, 6.07) is 5.40. The number of carbonyl (C=O) groups excluding carboxylic acids is 2. The van der Waals surface area contributed by atoms with E-state index in [0.717, 1.165) is 5.69 Å². The molecule has 2 saturated carbocycles. The Morgan fingerprint density at radius 3 is 2.64 bits per heavy atom. The number of halogens is 3. The molecule has 15 heteroatoms. The third kappa shape index (κ3) is 4.62. The number of fused-ring (bicyclic) bond motifs is 1. The second-order valence-corrected chi connectivity index (χ2v) is 13.0. The highest BCUT2D eigenvalue weighted by Gasteiger charge is 2.63. The van der Waals surface area contributed by atoms with Crippen LogP contribution in [0.4, 0.5) is 24.5 Å². The summed E-state index contributed by atoms with van der Waals surface area (Å²) in [5, 5.41) is 21.3. The van der Waals surface area contributed by atoms with Crippen molar-refractivity contribution in [3.05, 3.63) is 53.9 Å². The van der Waals surface area contributed by atoms with Crippen molar-refractivity contribution in [1.82, 2.24) is 29.6 Å². The Balaban J connectivity index is 0.943. The molecule has 45 heavy (non-hydrogen) atoms. The van der Waals surface area contributed by atoms with Crippen molar-refractivity contribution in [2.45, 2.75) is 50.3 Å². The molecule has 234 valence electrons. The minimum Gasteiger partial charge on any atom is -0.384 e. The molecule has 1 spiro atoms. The summed E-state index contributed by atoms with van der Waals surface area (Å²) >= 11 is 0. The molecule has 2 aliphatic heterocycles. The minimum atomic E-state index is -2.75. The van der Waals surface area contributed by atoms with Crippen molar-refractivity contribution >= 4 is 28.7 Å². The molecule has 2 N–H and O–H groups in total. The lowest BCUT2D eigenvalue weighted by Crippen LogP contribution is -2.70. The zero-order chi connectivity index (χ0) is 31.2. The smallest absolute Gasteiger partial charge is 0.266 e. The van der Waals surface area contributed by atoms with E-state index >= 15 is 0 Å². The van der Waals surface area contributed by atoms with Gasteiger partial charge in [0, 0.05) is 55.2 Å². The van der Waals surface area contributed by atoms with Crippen molar-refractivity contribution < 1.29 is 32.4 Å². The summed E-state index contributed by atoms with van der Waals surface area (Å²) in [6.45, 7) is 3.67. The van der Waals surface area contributed by atoms with Gasteiger partial charge in [0.25, 0.3) is 12.3 Å². The molecule has 2 saturated heterocycles. The molecule has 6 heterocycles. The van der Waals surface area contributed by atoms with Gasteiger partial charge in [0.2, 0.25) is 17.6 Å². The number of carbonyl (C=O) groups is 2. The van der Waals surface area contributed by atoms with Crippen LogP contribution in [0.2, 0.25) is 0 Å². The molecule has 0 radical (unpaired) electrons. The second-order valence-electron chi connectivity index (χ2n) is 13.0. The van der Waals surface area contributed by atoms with Gasteiger partial charge in [0.05, 0.1) is 40.5 Å². The molecule has 0 unspecified atom stereocenters. The standard InChI is InChI=1S/C30H29F3N8O4/c1-15-22(4-16(7-34-15)24-37-26(45-38-24)17-9-39(10-17)27(43)19-6-21(19)31)36-25(42)20-8-35-41-3-2-18(5-23(20)41)40-13-29(14-40)11-30(44,12-29)28(32)33/h2-5,7-8,17,19,21,28,44H,6,9-14H2,1H3,(H,36,42)/t19-,21-/m0/s1. The van der Waals surface area contributed by atoms with E-state index in [1.165, 1.54) is 6.20 Å². The van der Waals surface area contributed by atoms with Gasteiger partial charge in [-0.3, -0.25) is 14.6 Å². The Morgan fingerprint density at radius 2 is 1.93 bits per heavy atom. The fourth-order valence-corrected chi connectivity index (χ4v) is 6.87. The Bertz CT molecular complexity index is 1840. The zero-order valence-electron chi connectivity index (χ0n) is 24.2. The van der Waals surface area contributed by atoms with Crippen LogP contribution in [0.3, 0.4) is 0 Å². The summed E-state index contributed by atoms with van der Waals surface area (Å²) < 4.78 is 46.5. The van der Waals surface area contributed by atoms with Crippen molar-refractivity contribution in [1.29, 1.82) is 0 Å². The molecular formula is C30H29F3N8O4. The van der Waals surface area contributed by atoms with E-state index in [0.29, 0.717) is 66.5 Å². The van der Waals surface area contributed by atoms with Crippen LogP contribution in [0, 0.1) is 18.3 Å². The molecule has 8 rings (SSSR count). The summed E-state index contributed by atoms with van der Waals surface area (Å²) in [5.41, 5.74) is 1.10. The van der Waals surface area contributed by atoms with Crippen molar-refractivity contribution in [3.63, 3.8) is 0 Å². The van der Waals surface area contributed by atoms with E-state index < -0.39 is 30.0 Å². The first-order chi connectivity index (χ1) is 21.5. The van der Waals surface area contributed by atoms with Crippen LogP contribution >= 0.6 is 0 Å². The number of aromatic nitrogens is 5. The van der Waals surface area contributed by atoms with E-state index in [4.69, 9.17) is 4.52 Å². The van der Waals surface area contributed by atoms with Gasteiger partial charge in [0.15, 0.2) is 0 Å².